The van der Waals surface area contributed by atoms with Gasteiger partial charge in [0.2, 0.25) is 0 Å². The lowest BCUT2D eigenvalue weighted by Crippen LogP contribution is -2.01. The van der Waals surface area contributed by atoms with E-state index in [1.54, 1.807) is 11.3 Å². The molecule has 1 aromatic carbocycles. The Balaban J connectivity index is 2.33. The van der Waals surface area contributed by atoms with Gasteiger partial charge in [-0.1, -0.05) is 34.1 Å². The molecule has 0 radical (unpaired) electrons. The minimum absolute atomic E-state index is 0.714. The third-order valence-electron chi connectivity index (χ3n) is 2.23. The standard InChI is InChI=1S/C12H12BrNS/c13-11-4-2-1-3-10(11)12-7-9(5-6-14)8-15-12/h1-4,7-8H,5-6,14H2. The maximum Gasteiger partial charge on any atom is 0.0356 e. The number of hydrogen-bond donors (Lipinski definition) is 1. The normalized spacial score (nSPS) is 10.5. The van der Waals surface area contributed by atoms with Crippen molar-refractivity contribution in [2.24, 2.45) is 5.73 Å². The molecule has 0 amide bonds. The molecule has 0 saturated heterocycles. The van der Waals surface area contributed by atoms with Gasteiger partial charge in [-0.25, -0.2) is 0 Å². The first-order chi connectivity index (χ1) is 7.31. The number of nitrogens with two attached hydrogens (primary N) is 1. The van der Waals surface area contributed by atoms with Gasteiger partial charge in [-0.05, 0) is 36.0 Å². The van der Waals surface area contributed by atoms with Crippen molar-refractivity contribution in [3.63, 3.8) is 0 Å². The van der Waals surface area contributed by atoms with Crippen molar-refractivity contribution < 1.29 is 0 Å². The van der Waals surface area contributed by atoms with Crippen LogP contribution in [0.4, 0.5) is 0 Å². The summed E-state index contributed by atoms with van der Waals surface area (Å²) in [7, 11) is 0. The molecule has 0 aliphatic carbocycles. The average molecular weight is 282 g/mol. The second-order valence-corrected chi connectivity index (χ2v) is 5.10. The Morgan fingerprint density at radius 1 is 1.27 bits per heavy atom. The van der Waals surface area contributed by atoms with Gasteiger partial charge < -0.3 is 5.73 Å². The van der Waals surface area contributed by atoms with Gasteiger partial charge in [0, 0.05) is 14.9 Å². The van der Waals surface area contributed by atoms with Crippen LogP contribution >= 0.6 is 27.3 Å². The number of benzene rings is 1. The van der Waals surface area contributed by atoms with E-state index in [9.17, 15) is 0 Å². The molecule has 0 atom stereocenters. The largest absolute Gasteiger partial charge is 0.330 e. The minimum atomic E-state index is 0.714. The third kappa shape index (κ3) is 2.48. The topological polar surface area (TPSA) is 26.0 Å². The molecule has 78 valence electrons. The Bertz CT molecular complexity index is 450. The minimum Gasteiger partial charge on any atom is -0.330 e. The predicted molar refractivity (Wildman–Crippen MR) is 70.2 cm³/mol. The van der Waals surface area contributed by atoms with Gasteiger partial charge in [-0.3, -0.25) is 0 Å². The van der Waals surface area contributed by atoms with Gasteiger partial charge in [0.05, 0.1) is 0 Å². The molecule has 2 aromatic rings. The van der Waals surface area contributed by atoms with E-state index in [1.165, 1.54) is 16.0 Å². The molecule has 0 spiro atoms. The zero-order valence-electron chi connectivity index (χ0n) is 8.24. The second-order valence-electron chi connectivity index (χ2n) is 3.34. The van der Waals surface area contributed by atoms with E-state index in [-0.39, 0.29) is 0 Å². The molecule has 0 aliphatic rings. The number of rotatable bonds is 3. The molecule has 2 rings (SSSR count). The SMILES string of the molecule is NCCc1csc(-c2ccccc2Br)c1. The van der Waals surface area contributed by atoms with E-state index >= 15 is 0 Å². The van der Waals surface area contributed by atoms with Crippen LogP contribution in [0.25, 0.3) is 10.4 Å². The van der Waals surface area contributed by atoms with Crippen molar-refractivity contribution in [2.45, 2.75) is 6.42 Å². The number of hydrogen-bond acceptors (Lipinski definition) is 2. The molecule has 0 aliphatic heterocycles. The molecule has 1 aromatic heterocycles. The Morgan fingerprint density at radius 2 is 2.07 bits per heavy atom. The van der Waals surface area contributed by atoms with Gasteiger partial charge in [0.25, 0.3) is 0 Å². The second kappa shape index (κ2) is 4.92. The zero-order valence-corrected chi connectivity index (χ0v) is 10.6. The summed E-state index contributed by atoms with van der Waals surface area (Å²) in [6.07, 6.45) is 0.959. The monoisotopic (exact) mass is 281 g/mol. The van der Waals surface area contributed by atoms with Crippen LogP contribution in [0.2, 0.25) is 0 Å². The molecule has 1 nitrogen and oxygen atoms in total. The fourth-order valence-corrected chi connectivity index (χ4v) is 3.09. The van der Waals surface area contributed by atoms with Crippen molar-refractivity contribution in [1.82, 2.24) is 0 Å². The first-order valence-electron chi connectivity index (χ1n) is 4.83. The summed E-state index contributed by atoms with van der Waals surface area (Å²) in [4.78, 5) is 1.30. The fourth-order valence-electron chi connectivity index (χ4n) is 1.48. The summed E-state index contributed by atoms with van der Waals surface area (Å²) in [6.45, 7) is 0.714. The van der Waals surface area contributed by atoms with Crippen LogP contribution in [0.1, 0.15) is 5.56 Å². The van der Waals surface area contributed by atoms with Crippen LogP contribution in [0.15, 0.2) is 40.2 Å². The molecular formula is C12H12BrNS. The summed E-state index contributed by atoms with van der Waals surface area (Å²) in [5.41, 5.74) is 8.12. The Kier molecular flexibility index (Phi) is 3.57. The molecule has 0 bridgehead atoms. The zero-order chi connectivity index (χ0) is 10.7. The molecule has 2 N–H and O–H groups in total. The quantitative estimate of drug-likeness (QED) is 0.913. The van der Waals surface area contributed by atoms with Crippen LogP contribution in [-0.4, -0.2) is 6.54 Å². The predicted octanol–water partition coefficient (Wildman–Crippen LogP) is 3.68. The van der Waals surface area contributed by atoms with Crippen LogP contribution in [0, 0.1) is 0 Å². The summed E-state index contributed by atoms with van der Waals surface area (Å²) < 4.78 is 1.14. The van der Waals surface area contributed by atoms with Crippen LogP contribution < -0.4 is 5.73 Å². The van der Waals surface area contributed by atoms with E-state index in [4.69, 9.17) is 5.73 Å². The lowest BCUT2D eigenvalue weighted by Gasteiger charge is -1.99. The van der Waals surface area contributed by atoms with E-state index in [2.05, 4.69) is 45.6 Å². The van der Waals surface area contributed by atoms with Crippen LogP contribution in [-0.2, 0) is 6.42 Å². The van der Waals surface area contributed by atoms with Crippen molar-refractivity contribution in [3.8, 4) is 10.4 Å². The molecule has 0 fully saturated rings. The third-order valence-corrected chi connectivity index (χ3v) is 3.93. The fraction of sp³-hybridized carbons (Fsp3) is 0.167. The van der Waals surface area contributed by atoms with E-state index in [1.807, 2.05) is 6.07 Å². The summed E-state index contributed by atoms with van der Waals surface area (Å²) in [5, 5.41) is 2.18. The average Bonchev–Trinajstić information content (AvgIpc) is 2.68. The first-order valence-corrected chi connectivity index (χ1v) is 6.51. The van der Waals surface area contributed by atoms with Crippen molar-refractivity contribution >= 4 is 27.3 Å². The summed E-state index contributed by atoms with van der Waals surface area (Å²) in [6, 6.07) is 10.5. The van der Waals surface area contributed by atoms with Crippen LogP contribution in [0.3, 0.4) is 0 Å². The molecule has 15 heavy (non-hydrogen) atoms. The lowest BCUT2D eigenvalue weighted by atomic mass is 10.1. The van der Waals surface area contributed by atoms with E-state index < -0.39 is 0 Å². The lowest BCUT2D eigenvalue weighted by molar-refractivity contribution is 0.974. The smallest absolute Gasteiger partial charge is 0.0356 e. The molecule has 1 heterocycles. The Hall–Kier alpha value is -0.640. The highest BCUT2D eigenvalue weighted by atomic mass is 79.9. The highest BCUT2D eigenvalue weighted by Crippen LogP contribution is 2.32. The molecule has 0 unspecified atom stereocenters. The number of thiophene rings is 1. The van der Waals surface area contributed by atoms with Gasteiger partial charge in [-0.15, -0.1) is 11.3 Å². The van der Waals surface area contributed by atoms with Gasteiger partial charge in [0.15, 0.2) is 0 Å². The van der Waals surface area contributed by atoms with Gasteiger partial charge in [-0.2, -0.15) is 0 Å². The molecule has 3 heteroatoms. The van der Waals surface area contributed by atoms with Gasteiger partial charge >= 0.3 is 0 Å². The Labute approximate surface area is 102 Å². The maximum atomic E-state index is 5.53. The summed E-state index contributed by atoms with van der Waals surface area (Å²) in [5.74, 6) is 0. The van der Waals surface area contributed by atoms with Gasteiger partial charge in [0.1, 0.15) is 0 Å². The summed E-state index contributed by atoms with van der Waals surface area (Å²) >= 11 is 5.33. The van der Waals surface area contributed by atoms with Crippen molar-refractivity contribution in [3.05, 3.63) is 45.7 Å². The van der Waals surface area contributed by atoms with Crippen molar-refractivity contribution in [1.29, 1.82) is 0 Å². The first kappa shape index (κ1) is 10.9. The van der Waals surface area contributed by atoms with Crippen LogP contribution in [0.5, 0.6) is 0 Å². The Morgan fingerprint density at radius 3 is 2.80 bits per heavy atom. The highest BCUT2D eigenvalue weighted by molar-refractivity contribution is 9.10. The highest BCUT2D eigenvalue weighted by Gasteiger charge is 2.05. The van der Waals surface area contributed by atoms with E-state index in [0.717, 1.165) is 10.9 Å². The van der Waals surface area contributed by atoms with Crippen molar-refractivity contribution in [2.75, 3.05) is 6.54 Å². The molecular weight excluding hydrogens is 270 g/mol. The van der Waals surface area contributed by atoms with E-state index in [0.29, 0.717) is 6.54 Å². The molecule has 0 saturated carbocycles. The number of halogens is 1. The maximum absolute atomic E-state index is 5.53.